The number of benzene rings is 2. The van der Waals surface area contributed by atoms with E-state index in [1.54, 1.807) is 0 Å². The van der Waals surface area contributed by atoms with Gasteiger partial charge in [0.15, 0.2) is 5.15 Å². The average molecular weight is 726 g/mol. The normalized spacial score (nSPS) is 10.2. The molecular formula is C26H19AlCl8N6. The molecule has 0 unspecified atom stereocenters. The van der Waals surface area contributed by atoms with Crippen LogP contribution in [0.2, 0.25) is 25.8 Å². The van der Waals surface area contributed by atoms with Crippen molar-refractivity contribution in [2.45, 2.75) is 13.8 Å². The van der Waals surface area contributed by atoms with Crippen LogP contribution in [-0.4, -0.2) is 41.3 Å². The van der Waals surface area contributed by atoms with Gasteiger partial charge < -0.3 is 9.97 Å². The number of halogens is 8. The third-order valence-electron chi connectivity index (χ3n) is 5.19. The van der Waals surface area contributed by atoms with E-state index in [2.05, 4.69) is 73.2 Å². The van der Waals surface area contributed by atoms with Crippen LogP contribution in [0.5, 0.6) is 0 Å². The first kappa shape index (κ1) is 34.0. The summed E-state index contributed by atoms with van der Waals surface area (Å²) in [7, 11) is 14.8. The highest BCUT2D eigenvalue weighted by atomic mass is 35.8. The van der Waals surface area contributed by atoms with Crippen molar-refractivity contribution >= 4 is 121 Å². The monoisotopic (exact) mass is 722 g/mol. The summed E-state index contributed by atoms with van der Waals surface area (Å²) in [6, 6.07) is 14.6. The zero-order valence-corrected chi connectivity index (χ0v) is 28.4. The van der Waals surface area contributed by atoms with Gasteiger partial charge in [-0.3, -0.25) is 0 Å². The molecule has 41 heavy (non-hydrogen) atoms. The largest absolute Gasteiger partial charge is 0.643 e. The topological polar surface area (TPSA) is 83.1 Å². The molecule has 6 rings (SSSR count). The highest BCUT2D eigenvalue weighted by molar-refractivity contribution is 7.54. The second-order valence-corrected chi connectivity index (χ2v) is 16.5. The van der Waals surface area contributed by atoms with Gasteiger partial charge in [0.2, 0.25) is 10.6 Å². The summed E-state index contributed by atoms with van der Waals surface area (Å²) >= 11 is 26.5. The van der Waals surface area contributed by atoms with E-state index >= 15 is 0 Å². The number of nitrogens with one attached hydrogen (secondary N) is 2. The fraction of sp³-hybridized carbons (Fsp3) is 0.0769. The maximum Gasteiger partial charge on any atom is 0.643 e. The van der Waals surface area contributed by atoms with Gasteiger partial charge in [-0.1, -0.05) is 58.1 Å². The van der Waals surface area contributed by atoms with Crippen LogP contribution in [0.3, 0.4) is 0 Å². The Morgan fingerprint density at radius 2 is 1.27 bits per heavy atom. The highest BCUT2D eigenvalue weighted by Gasteiger charge is 2.12. The standard InChI is InChI=1S/C13H9Cl2N3.C9H9N.C4HCl3N2.Al.3ClH/c1-7-2-3-11-8(4-7)9(5-16-11)12-10(14)6-17-13(15)18-12;1-7-2-3-9-8(6-7)4-5-10-9;5-2-1-8-4(7)9-3(2)6;;;;/h2-6,16H,1H3;2-6,10H,1H3;1H;;3*1H/q;;;+3;;;/p-3. The molecule has 2 aromatic carbocycles. The van der Waals surface area contributed by atoms with Crippen LogP contribution >= 0.6 is 88.2 Å². The van der Waals surface area contributed by atoms with Crippen molar-refractivity contribution in [2.75, 3.05) is 0 Å². The molecule has 0 radical (unpaired) electrons. The second-order valence-electron chi connectivity index (χ2n) is 8.18. The third kappa shape index (κ3) is 10.6. The number of aryl methyl sites for hydroxylation is 2. The van der Waals surface area contributed by atoms with Crippen molar-refractivity contribution in [3.05, 3.63) is 104 Å². The molecule has 4 heterocycles. The van der Waals surface area contributed by atoms with E-state index in [4.69, 9.17) is 88.2 Å². The fourth-order valence-corrected chi connectivity index (χ4v) is 4.19. The Labute approximate surface area is 278 Å². The zero-order valence-electron chi connectivity index (χ0n) is 21.2. The molecule has 0 saturated carbocycles. The molecule has 0 aliphatic rings. The number of rotatable bonds is 1. The van der Waals surface area contributed by atoms with Gasteiger partial charge in [-0.2, -0.15) is 0 Å². The Kier molecular flexibility index (Phi) is 13.6. The second kappa shape index (κ2) is 16.4. The molecule has 15 heteroatoms. The van der Waals surface area contributed by atoms with Crippen LogP contribution in [0, 0.1) is 13.8 Å². The number of aromatic amines is 2. The van der Waals surface area contributed by atoms with Crippen LogP contribution in [-0.2, 0) is 0 Å². The van der Waals surface area contributed by atoms with Gasteiger partial charge in [-0.15, -0.1) is 0 Å². The number of aromatic nitrogens is 6. The smallest absolute Gasteiger partial charge is 0.361 e. The van der Waals surface area contributed by atoms with Crippen molar-refractivity contribution < 1.29 is 0 Å². The summed E-state index contributed by atoms with van der Waals surface area (Å²) in [5.74, 6) is 0. The molecule has 0 spiro atoms. The Hall–Kier alpha value is -1.47. The van der Waals surface area contributed by atoms with Crippen LogP contribution in [0.15, 0.2) is 67.3 Å². The molecule has 0 bridgehead atoms. The van der Waals surface area contributed by atoms with E-state index in [-0.39, 0.29) is 15.7 Å². The minimum absolute atomic E-state index is 0.101. The quantitative estimate of drug-likeness (QED) is 0.100. The third-order valence-corrected chi connectivity index (χ3v) is 6.49. The van der Waals surface area contributed by atoms with Crippen molar-refractivity contribution in [2.24, 2.45) is 0 Å². The van der Waals surface area contributed by atoms with Crippen molar-refractivity contribution in [3.63, 3.8) is 0 Å². The maximum atomic E-state index is 6.13. The van der Waals surface area contributed by atoms with E-state index in [9.17, 15) is 0 Å². The predicted molar refractivity (Wildman–Crippen MR) is 177 cm³/mol. The Balaban J connectivity index is 0.000000171. The first-order valence-corrected chi connectivity index (χ1v) is 18.6. The Bertz CT molecular complexity index is 1740. The summed E-state index contributed by atoms with van der Waals surface area (Å²) in [4.78, 5) is 21.5. The van der Waals surface area contributed by atoms with Gasteiger partial charge >= 0.3 is 11.4 Å². The lowest BCUT2D eigenvalue weighted by Crippen LogP contribution is -1.88. The summed E-state index contributed by atoms with van der Waals surface area (Å²) in [6.45, 7) is 4.15. The van der Waals surface area contributed by atoms with Gasteiger partial charge in [-0.25, -0.2) is 50.1 Å². The van der Waals surface area contributed by atoms with Crippen molar-refractivity contribution in [1.29, 1.82) is 0 Å². The molecule has 0 aliphatic carbocycles. The lowest BCUT2D eigenvalue weighted by Gasteiger charge is -2.02. The maximum absolute atomic E-state index is 6.13. The molecule has 0 aliphatic heterocycles. The highest BCUT2D eigenvalue weighted by Crippen LogP contribution is 2.32. The number of nitrogens with zero attached hydrogens (tertiary/aromatic N) is 4. The van der Waals surface area contributed by atoms with Gasteiger partial charge in [0, 0.05) is 34.4 Å². The Morgan fingerprint density at radius 3 is 1.90 bits per heavy atom. The van der Waals surface area contributed by atoms with Crippen LogP contribution in [0.4, 0.5) is 0 Å². The van der Waals surface area contributed by atoms with E-state index in [1.165, 1.54) is 34.4 Å². The van der Waals surface area contributed by atoms with Crippen LogP contribution < -0.4 is 0 Å². The molecule has 4 aromatic heterocycles. The first-order chi connectivity index (χ1) is 19.4. The minimum Gasteiger partial charge on any atom is -0.361 e. The van der Waals surface area contributed by atoms with E-state index < -0.39 is 11.4 Å². The summed E-state index contributed by atoms with van der Waals surface area (Å²) in [5, 5.41) is 3.63. The SMILES string of the molecule is Cc1ccc2[nH]cc(-c3nc(Cl)ncc3Cl)c2c1.Cc1ccc2[nH]ccc2c1.Clc1ncc(Cl)c(Cl)n1.[Cl][Al]([Cl])[Cl]. The zero-order chi connectivity index (χ0) is 30.1. The predicted octanol–water partition coefficient (Wildman–Crippen LogP) is 10.8. The molecule has 0 fully saturated rings. The van der Waals surface area contributed by atoms with Crippen LogP contribution in [0.1, 0.15) is 11.1 Å². The number of hydrogen-bond donors (Lipinski definition) is 2. The van der Waals surface area contributed by atoms with Gasteiger partial charge in [-0.05, 0) is 72.8 Å². The number of H-pyrrole nitrogens is 2. The summed E-state index contributed by atoms with van der Waals surface area (Å²) in [5.41, 5.74) is 6.33. The van der Waals surface area contributed by atoms with E-state index in [1.807, 2.05) is 25.4 Å². The summed E-state index contributed by atoms with van der Waals surface area (Å²) < 4.78 is 0. The average Bonchev–Trinajstić information content (AvgIpc) is 3.55. The molecule has 0 amide bonds. The van der Waals surface area contributed by atoms with Crippen molar-refractivity contribution in [3.8, 4) is 11.3 Å². The first-order valence-electron chi connectivity index (χ1n) is 11.5. The van der Waals surface area contributed by atoms with Gasteiger partial charge in [0.25, 0.3) is 0 Å². The minimum atomic E-state index is -1.72. The van der Waals surface area contributed by atoms with Gasteiger partial charge in [0.1, 0.15) is 0 Å². The molecule has 6 nitrogen and oxygen atoms in total. The Morgan fingerprint density at radius 1 is 0.683 bits per heavy atom. The fourth-order valence-electron chi connectivity index (χ4n) is 3.46. The summed E-state index contributed by atoms with van der Waals surface area (Å²) in [6.07, 6.45) is 6.71. The van der Waals surface area contributed by atoms with Crippen molar-refractivity contribution in [1.82, 2.24) is 29.9 Å². The van der Waals surface area contributed by atoms with Crippen LogP contribution in [0.25, 0.3) is 33.1 Å². The molecule has 0 saturated heterocycles. The molecule has 6 aromatic rings. The molecule has 0 atom stereocenters. The number of hydrogen-bond acceptors (Lipinski definition) is 4. The lowest BCUT2D eigenvalue weighted by molar-refractivity contribution is 1.17. The molecule has 212 valence electrons. The van der Waals surface area contributed by atoms with E-state index in [0.29, 0.717) is 15.7 Å². The van der Waals surface area contributed by atoms with Gasteiger partial charge in [0.05, 0.1) is 28.1 Å². The molecule has 2 N–H and O–H groups in total. The molecular weight excluding hydrogens is 707 g/mol. The van der Waals surface area contributed by atoms with E-state index in [0.717, 1.165) is 16.5 Å². The lowest BCUT2D eigenvalue weighted by atomic mass is 10.1. The number of fused-ring (bicyclic) bond motifs is 2.